The Hall–Kier alpha value is -0.850. The van der Waals surface area contributed by atoms with Gasteiger partial charge in [0.1, 0.15) is 0 Å². The summed E-state index contributed by atoms with van der Waals surface area (Å²) in [7, 11) is 5.55. The van der Waals surface area contributed by atoms with E-state index in [1.165, 1.54) is 0 Å². The van der Waals surface area contributed by atoms with Gasteiger partial charge in [-0.2, -0.15) is 10.5 Å². The minimum absolute atomic E-state index is 0.206. The zero-order valence-corrected chi connectivity index (χ0v) is 12.1. The number of nitrogens with zero attached hydrogens (tertiary/aromatic N) is 2. The van der Waals surface area contributed by atoms with Crippen molar-refractivity contribution >= 4 is 16.5 Å². The molecule has 1 rings (SSSR count). The van der Waals surface area contributed by atoms with E-state index in [4.69, 9.17) is 9.57 Å². The van der Waals surface area contributed by atoms with Crippen LogP contribution >= 0.6 is 11.3 Å². The van der Waals surface area contributed by atoms with E-state index in [1.54, 1.807) is 18.4 Å². The van der Waals surface area contributed by atoms with E-state index in [2.05, 4.69) is 10.5 Å². The third-order valence-electron chi connectivity index (χ3n) is 1.84. The van der Waals surface area contributed by atoms with E-state index in [0.29, 0.717) is 12.4 Å². The zero-order valence-electron chi connectivity index (χ0n) is 11.3. The largest absolute Gasteiger partial charge is 0.480 e. The van der Waals surface area contributed by atoms with Crippen LogP contribution in [0.1, 0.15) is 25.6 Å². The Balaban J connectivity index is 2.63. The van der Waals surface area contributed by atoms with Crippen molar-refractivity contribution in [1.29, 1.82) is 0 Å². The molecule has 0 radical (unpaired) electrons. The lowest BCUT2D eigenvalue weighted by Gasteiger charge is -2.18. The topological polar surface area (TPSA) is 46.6 Å². The summed E-state index contributed by atoms with van der Waals surface area (Å²) in [5.74, 6) is 0.656. The SMILES string of the molecule is COc1nc(N(C)C)sc1CNOC(C)(C)C. The maximum absolute atomic E-state index is 5.46. The first-order valence-corrected chi connectivity index (χ1v) is 6.27. The molecule has 5 nitrogen and oxygen atoms in total. The predicted molar refractivity (Wildman–Crippen MR) is 70.7 cm³/mol. The molecule has 0 unspecified atom stereocenters. The number of thiazole rings is 1. The quantitative estimate of drug-likeness (QED) is 0.820. The standard InChI is InChI=1S/C11H21N3O2S/c1-11(2,3)16-12-7-8-9(15-6)13-10(17-8)14(4)5/h12H,7H2,1-6H3. The van der Waals surface area contributed by atoms with E-state index in [0.717, 1.165) is 10.0 Å². The monoisotopic (exact) mass is 259 g/mol. The Labute approximate surface area is 107 Å². The van der Waals surface area contributed by atoms with E-state index < -0.39 is 0 Å². The smallest absolute Gasteiger partial charge is 0.230 e. The number of ether oxygens (including phenoxy) is 1. The number of methoxy groups -OCH3 is 1. The molecule has 0 aliphatic carbocycles. The van der Waals surface area contributed by atoms with Crippen LogP contribution in [0, 0.1) is 0 Å². The highest BCUT2D eigenvalue weighted by Gasteiger charge is 2.15. The minimum Gasteiger partial charge on any atom is -0.480 e. The van der Waals surface area contributed by atoms with Crippen LogP contribution in [0.5, 0.6) is 5.88 Å². The normalized spacial score (nSPS) is 11.6. The van der Waals surface area contributed by atoms with Gasteiger partial charge in [0.25, 0.3) is 0 Å². The highest BCUT2D eigenvalue weighted by molar-refractivity contribution is 7.15. The second kappa shape index (κ2) is 5.66. The number of aromatic nitrogens is 1. The molecule has 1 heterocycles. The highest BCUT2D eigenvalue weighted by atomic mass is 32.1. The van der Waals surface area contributed by atoms with Crippen LogP contribution in [0.15, 0.2) is 0 Å². The maximum atomic E-state index is 5.46. The van der Waals surface area contributed by atoms with Crippen molar-refractivity contribution in [2.45, 2.75) is 32.9 Å². The Morgan fingerprint density at radius 1 is 1.35 bits per heavy atom. The van der Waals surface area contributed by atoms with Crippen molar-refractivity contribution in [2.24, 2.45) is 0 Å². The van der Waals surface area contributed by atoms with Gasteiger partial charge in [0, 0.05) is 14.1 Å². The summed E-state index contributed by atoms with van der Waals surface area (Å²) in [6.07, 6.45) is 0. The van der Waals surface area contributed by atoms with E-state index in [-0.39, 0.29) is 5.60 Å². The molecule has 0 saturated carbocycles. The lowest BCUT2D eigenvalue weighted by Crippen LogP contribution is -2.28. The molecule has 6 heteroatoms. The molecule has 98 valence electrons. The molecule has 0 fully saturated rings. The van der Waals surface area contributed by atoms with Crippen molar-refractivity contribution < 1.29 is 9.57 Å². The summed E-state index contributed by atoms with van der Waals surface area (Å²) in [4.78, 5) is 12.8. The van der Waals surface area contributed by atoms with Gasteiger partial charge in [0.2, 0.25) is 5.88 Å². The van der Waals surface area contributed by atoms with Gasteiger partial charge in [-0.3, -0.25) is 4.84 Å². The summed E-state index contributed by atoms with van der Waals surface area (Å²) in [5, 5.41) is 0.925. The summed E-state index contributed by atoms with van der Waals surface area (Å²) in [5.41, 5.74) is 2.73. The number of hydrogen-bond donors (Lipinski definition) is 1. The fourth-order valence-electron chi connectivity index (χ4n) is 1.11. The molecule has 0 aromatic carbocycles. The molecule has 17 heavy (non-hydrogen) atoms. The molecule has 0 atom stereocenters. The number of anilines is 1. The third-order valence-corrected chi connectivity index (χ3v) is 3.04. The average Bonchev–Trinajstić information content (AvgIpc) is 2.59. The van der Waals surface area contributed by atoms with Crippen LogP contribution in [0.25, 0.3) is 0 Å². The Kier molecular flexibility index (Phi) is 4.73. The first-order chi connectivity index (χ1) is 7.83. The van der Waals surface area contributed by atoms with Crippen molar-refractivity contribution in [2.75, 3.05) is 26.1 Å². The first-order valence-electron chi connectivity index (χ1n) is 5.45. The highest BCUT2D eigenvalue weighted by Crippen LogP contribution is 2.30. The van der Waals surface area contributed by atoms with Crippen LogP contribution in [0.2, 0.25) is 0 Å². The molecule has 0 spiro atoms. The molecule has 1 N–H and O–H groups in total. The molecular formula is C11H21N3O2S. The van der Waals surface area contributed by atoms with Gasteiger partial charge in [-0.15, -0.1) is 0 Å². The van der Waals surface area contributed by atoms with Gasteiger partial charge in [0.15, 0.2) is 5.13 Å². The van der Waals surface area contributed by atoms with E-state index >= 15 is 0 Å². The van der Waals surface area contributed by atoms with Crippen LogP contribution in [-0.2, 0) is 11.4 Å². The second-order valence-electron chi connectivity index (χ2n) is 4.86. The van der Waals surface area contributed by atoms with Crippen molar-refractivity contribution in [1.82, 2.24) is 10.5 Å². The number of hydrogen-bond acceptors (Lipinski definition) is 6. The van der Waals surface area contributed by atoms with Crippen LogP contribution < -0.4 is 15.1 Å². The summed E-state index contributed by atoms with van der Waals surface area (Å²) in [6.45, 7) is 6.57. The Bertz CT molecular complexity index is 358. The Morgan fingerprint density at radius 2 is 2.00 bits per heavy atom. The molecule has 1 aromatic heterocycles. The summed E-state index contributed by atoms with van der Waals surface area (Å²) >= 11 is 1.59. The van der Waals surface area contributed by atoms with E-state index in [9.17, 15) is 0 Å². The van der Waals surface area contributed by atoms with Gasteiger partial charge >= 0.3 is 0 Å². The number of rotatable bonds is 5. The fraction of sp³-hybridized carbons (Fsp3) is 0.727. The fourth-order valence-corrected chi connectivity index (χ4v) is 1.99. The second-order valence-corrected chi connectivity index (χ2v) is 5.92. The number of hydroxylamine groups is 1. The van der Waals surface area contributed by atoms with Gasteiger partial charge in [-0.1, -0.05) is 11.3 Å². The van der Waals surface area contributed by atoms with Gasteiger partial charge in [0.05, 0.1) is 24.1 Å². The molecule has 1 aromatic rings. The van der Waals surface area contributed by atoms with Crippen LogP contribution in [-0.4, -0.2) is 31.8 Å². The zero-order chi connectivity index (χ0) is 13.1. The Morgan fingerprint density at radius 3 is 2.47 bits per heavy atom. The lowest BCUT2D eigenvalue weighted by atomic mass is 10.2. The molecule has 0 amide bonds. The summed E-state index contributed by atoms with van der Waals surface area (Å²) < 4.78 is 5.24. The van der Waals surface area contributed by atoms with Crippen molar-refractivity contribution in [3.8, 4) is 5.88 Å². The molecule has 0 aliphatic heterocycles. The molecular weight excluding hydrogens is 238 g/mol. The number of nitrogens with one attached hydrogen (secondary N) is 1. The van der Waals surface area contributed by atoms with Crippen LogP contribution in [0.4, 0.5) is 5.13 Å². The van der Waals surface area contributed by atoms with E-state index in [1.807, 2.05) is 39.8 Å². The third kappa shape index (κ3) is 4.49. The lowest BCUT2D eigenvalue weighted by molar-refractivity contribution is -0.0756. The van der Waals surface area contributed by atoms with Crippen molar-refractivity contribution in [3.63, 3.8) is 0 Å². The maximum Gasteiger partial charge on any atom is 0.230 e. The van der Waals surface area contributed by atoms with Gasteiger partial charge in [-0.05, 0) is 20.8 Å². The average molecular weight is 259 g/mol. The van der Waals surface area contributed by atoms with Gasteiger partial charge < -0.3 is 9.64 Å². The minimum atomic E-state index is -0.206. The molecule has 0 saturated heterocycles. The predicted octanol–water partition coefficient (Wildman–Crippen LogP) is 2.04. The summed E-state index contributed by atoms with van der Waals surface area (Å²) in [6, 6.07) is 0. The van der Waals surface area contributed by atoms with Gasteiger partial charge in [-0.25, -0.2) is 0 Å². The molecule has 0 bridgehead atoms. The van der Waals surface area contributed by atoms with Crippen molar-refractivity contribution in [3.05, 3.63) is 4.88 Å². The molecule has 0 aliphatic rings. The first kappa shape index (κ1) is 14.2. The van der Waals surface area contributed by atoms with Crippen LogP contribution in [0.3, 0.4) is 0 Å².